The fourth-order valence-corrected chi connectivity index (χ4v) is 3.35. The second kappa shape index (κ2) is 4.73. The van der Waals surface area contributed by atoms with E-state index in [1.807, 2.05) is 18.2 Å². The molecule has 0 atom stereocenters. The van der Waals surface area contributed by atoms with Crippen LogP contribution in [0, 0.1) is 0 Å². The van der Waals surface area contributed by atoms with Crippen LogP contribution in [0.2, 0.25) is 0 Å². The molecule has 2 N–H and O–H groups in total. The molecule has 6 heteroatoms. The predicted octanol–water partition coefficient (Wildman–Crippen LogP) is 3.35. The average molecular weight is 302 g/mol. The van der Waals surface area contributed by atoms with E-state index in [4.69, 9.17) is 10.5 Å². The molecule has 0 radical (unpaired) electrons. The van der Waals surface area contributed by atoms with Crippen molar-refractivity contribution in [1.29, 1.82) is 0 Å². The Morgan fingerprint density at radius 2 is 2.00 bits per heavy atom. The molecule has 110 valence electrons. The molecule has 0 saturated heterocycles. The molecule has 2 heterocycles. The highest BCUT2D eigenvalue weighted by atomic mass is 32.1. The highest BCUT2D eigenvalue weighted by molar-refractivity contribution is 7.15. The van der Waals surface area contributed by atoms with Crippen molar-refractivity contribution in [3.8, 4) is 17.1 Å². The summed E-state index contributed by atoms with van der Waals surface area (Å²) in [5.74, 6) is 1.48. The minimum Gasteiger partial charge on any atom is -0.495 e. The standard InChI is InChI=1S/C15H18N4OS/c1-15(2,3)12-8-21-14-18-17-13(19(12)14)9-5-6-11(20-4)10(16)7-9/h5-8H,16H2,1-4H3. The normalized spacial score (nSPS) is 12.0. The van der Waals surface area contributed by atoms with Crippen molar-refractivity contribution >= 4 is 22.0 Å². The van der Waals surface area contributed by atoms with Gasteiger partial charge in [-0.1, -0.05) is 20.8 Å². The number of thiazole rings is 1. The number of aromatic nitrogens is 3. The van der Waals surface area contributed by atoms with Gasteiger partial charge in [0.05, 0.1) is 12.8 Å². The molecule has 21 heavy (non-hydrogen) atoms. The molecule has 3 rings (SSSR count). The first-order valence-corrected chi connectivity index (χ1v) is 7.57. The van der Waals surface area contributed by atoms with Crippen LogP contribution >= 0.6 is 11.3 Å². The van der Waals surface area contributed by atoms with E-state index in [0.717, 1.165) is 16.3 Å². The Balaban J connectivity index is 2.21. The van der Waals surface area contributed by atoms with E-state index in [-0.39, 0.29) is 5.41 Å². The van der Waals surface area contributed by atoms with Crippen LogP contribution in [-0.4, -0.2) is 21.7 Å². The maximum absolute atomic E-state index is 6.00. The maximum Gasteiger partial charge on any atom is 0.216 e. The first-order valence-electron chi connectivity index (χ1n) is 6.69. The Morgan fingerprint density at radius 3 is 2.62 bits per heavy atom. The van der Waals surface area contributed by atoms with Crippen LogP contribution < -0.4 is 10.5 Å². The number of methoxy groups -OCH3 is 1. The van der Waals surface area contributed by atoms with Crippen LogP contribution in [0.3, 0.4) is 0 Å². The molecule has 0 fully saturated rings. The van der Waals surface area contributed by atoms with E-state index in [2.05, 4.69) is 40.7 Å². The van der Waals surface area contributed by atoms with Crippen LogP contribution in [0.1, 0.15) is 26.5 Å². The molecule has 0 bridgehead atoms. The summed E-state index contributed by atoms with van der Waals surface area (Å²) in [5, 5.41) is 10.7. The lowest BCUT2D eigenvalue weighted by Crippen LogP contribution is -2.14. The monoisotopic (exact) mass is 302 g/mol. The summed E-state index contributed by atoms with van der Waals surface area (Å²) in [7, 11) is 1.61. The summed E-state index contributed by atoms with van der Waals surface area (Å²) < 4.78 is 7.31. The van der Waals surface area contributed by atoms with E-state index >= 15 is 0 Å². The van der Waals surface area contributed by atoms with E-state index in [0.29, 0.717) is 11.4 Å². The number of hydrogen-bond acceptors (Lipinski definition) is 5. The molecule has 2 aromatic heterocycles. The largest absolute Gasteiger partial charge is 0.495 e. The summed E-state index contributed by atoms with van der Waals surface area (Å²) in [6.07, 6.45) is 0. The lowest BCUT2D eigenvalue weighted by molar-refractivity contribution is 0.417. The van der Waals surface area contributed by atoms with Gasteiger partial charge in [-0.25, -0.2) is 0 Å². The Morgan fingerprint density at radius 1 is 1.24 bits per heavy atom. The molecule has 0 aliphatic rings. The summed E-state index contributed by atoms with van der Waals surface area (Å²) in [6, 6.07) is 5.68. The number of hydrogen-bond donors (Lipinski definition) is 1. The highest BCUT2D eigenvalue weighted by Crippen LogP contribution is 2.33. The zero-order valence-electron chi connectivity index (χ0n) is 12.5. The molecule has 1 aromatic carbocycles. The smallest absolute Gasteiger partial charge is 0.216 e. The number of nitrogen functional groups attached to an aromatic ring is 1. The fourth-order valence-electron chi connectivity index (χ4n) is 2.30. The summed E-state index contributed by atoms with van der Waals surface area (Å²) >= 11 is 1.60. The molecule has 0 unspecified atom stereocenters. The SMILES string of the molecule is COc1ccc(-c2nnc3scc(C(C)(C)C)n23)cc1N. The molecule has 0 amide bonds. The van der Waals surface area contributed by atoms with Gasteiger partial charge in [-0.2, -0.15) is 0 Å². The third-order valence-electron chi connectivity index (χ3n) is 3.41. The quantitative estimate of drug-likeness (QED) is 0.737. The van der Waals surface area contributed by atoms with Crippen LogP contribution in [0.4, 0.5) is 5.69 Å². The van der Waals surface area contributed by atoms with Gasteiger partial charge in [0.1, 0.15) is 5.75 Å². The van der Waals surface area contributed by atoms with Crippen molar-refractivity contribution < 1.29 is 4.74 Å². The van der Waals surface area contributed by atoms with Gasteiger partial charge in [-0.05, 0) is 18.2 Å². The molecular weight excluding hydrogens is 284 g/mol. The van der Waals surface area contributed by atoms with Crippen molar-refractivity contribution in [2.75, 3.05) is 12.8 Å². The lowest BCUT2D eigenvalue weighted by Gasteiger charge is -2.18. The fraction of sp³-hybridized carbons (Fsp3) is 0.333. The van der Waals surface area contributed by atoms with E-state index < -0.39 is 0 Å². The number of benzene rings is 1. The van der Waals surface area contributed by atoms with Gasteiger partial charge in [0.25, 0.3) is 0 Å². The number of anilines is 1. The Hall–Kier alpha value is -2.08. The van der Waals surface area contributed by atoms with Crippen LogP contribution in [0.25, 0.3) is 16.3 Å². The van der Waals surface area contributed by atoms with Gasteiger partial charge in [0.15, 0.2) is 5.82 Å². The molecule has 0 spiro atoms. The van der Waals surface area contributed by atoms with Gasteiger partial charge in [-0.15, -0.1) is 21.5 Å². The third kappa shape index (κ3) is 2.25. The Bertz CT molecular complexity index is 798. The first kappa shape index (κ1) is 13.9. The van der Waals surface area contributed by atoms with E-state index in [1.165, 1.54) is 5.69 Å². The minimum absolute atomic E-state index is 0.0212. The van der Waals surface area contributed by atoms with Crippen molar-refractivity contribution in [1.82, 2.24) is 14.6 Å². The van der Waals surface area contributed by atoms with Crippen LogP contribution in [0.15, 0.2) is 23.6 Å². The van der Waals surface area contributed by atoms with Gasteiger partial charge in [0.2, 0.25) is 4.96 Å². The van der Waals surface area contributed by atoms with Gasteiger partial charge in [0, 0.05) is 22.1 Å². The molecule has 0 aliphatic carbocycles. The molecule has 5 nitrogen and oxygen atoms in total. The predicted molar refractivity (Wildman–Crippen MR) is 86.0 cm³/mol. The summed E-state index contributed by atoms with van der Waals surface area (Å²) in [6.45, 7) is 6.54. The van der Waals surface area contributed by atoms with E-state index in [9.17, 15) is 0 Å². The van der Waals surface area contributed by atoms with Crippen LogP contribution in [-0.2, 0) is 5.41 Å². The minimum atomic E-state index is 0.0212. The topological polar surface area (TPSA) is 65.4 Å². The second-order valence-corrected chi connectivity index (χ2v) is 6.81. The zero-order valence-corrected chi connectivity index (χ0v) is 13.4. The molecular formula is C15H18N4OS. The van der Waals surface area contributed by atoms with Gasteiger partial charge in [-0.3, -0.25) is 4.40 Å². The first-order chi connectivity index (χ1) is 9.91. The van der Waals surface area contributed by atoms with Crippen molar-refractivity contribution in [2.45, 2.75) is 26.2 Å². The number of nitrogens with two attached hydrogens (primary N) is 1. The van der Waals surface area contributed by atoms with Crippen LogP contribution in [0.5, 0.6) is 5.75 Å². The van der Waals surface area contributed by atoms with Gasteiger partial charge >= 0.3 is 0 Å². The molecule has 0 saturated carbocycles. The van der Waals surface area contributed by atoms with Crippen molar-refractivity contribution in [3.05, 3.63) is 29.3 Å². The Labute approximate surface area is 127 Å². The van der Waals surface area contributed by atoms with E-state index in [1.54, 1.807) is 18.4 Å². The number of ether oxygens (including phenoxy) is 1. The molecule has 3 aromatic rings. The number of fused-ring (bicyclic) bond motifs is 1. The zero-order chi connectivity index (χ0) is 15.2. The average Bonchev–Trinajstić information content (AvgIpc) is 2.98. The van der Waals surface area contributed by atoms with Crippen molar-refractivity contribution in [2.24, 2.45) is 0 Å². The second-order valence-electron chi connectivity index (χ2n) is 5.97. The lowest BCUT2D eigenvalue weighted by atomic mass is 9.93. The van der Waals surface area contributed by atoms with Crippen molar-refractivity contribution in [3.63, 3.8) is 0 Å². The van der Waals surface area contributed by atoms with Gasteiger partial charge < -0.3 is 10.5 Å². The Kier molecular flexibility index (Phi) is 3.13. The number of nitrogens with zero attached hydrogens (tertiary/aromatic N) is 3. The highest BCUT2D eigenvalue weighted by Gasteiger charge is 2.22. The summed E-state index contributed by atoms with van der Waals surface area (Å²) in [5.41, 5.74) is 8.75. The summed E-state index contributed by atoms with van der Waals surface area (Å²) in [4.78, 5) is 0.893. The third-order valence-corrected chi connectivity index (χ3v) is 4.22. The number of rotatable bonds is 2. The maximum atomic E-state index is 6.00. The molecule has 0 aliphatic heterocycles.